The van der Waals surface area contributed by atoms with Gasteiger partial charge in [-0.25, -0.2) is 0 Å². The number of nitrogens with one attached hydrogen (secondary N) is 1. The lowest BCUT2D eigenvalue weighted by atomic mass is 9.90. The molecular formula is C12H24N2OS2. The van der Waals surface area contributed by atoms with Crippen LogP contribution in [0, 0.1) is 5.41 Å². The van der Waals surface area contributed by atoms with Crippen molar-refractivity contribution in [1.29, 1.82) is 0 Å². The third-order valence-electron chi connectivity index (χ3n) is 2.48. The summed E-state index contributed by atoms with van der Waals surface area (Å²) in [5.74, 6) is 1.47. The molecule has 1 aliphatic heterocycles. The van der Waals surface area contributed by atoms with Crippen LogP contribution in [0.5, 0.6) is 0 Å². The Morgan fingerprint density at radius 2 is 2.24 bits per heavy atom. The number of rotatable bonds is 5. The molecule has 3 nitrogen and oxygen atoms in total. The number of hydrogen-bond donors (Lipinski definition) is 1. The van der Waals surface area contributed by atoms with Gasteiger partial charge in [-0.15, -0.1) is 0 Å². The maximum absolute atomic E-state index is 11.3. The fraction of sp³-hybridized carbons (Fsp3) is 0.917. The van der Waals surface area contributed by atoms with E-state index in [9.17, 15) is 4.21 Å². The molecule has 1 N–H and O–H groups in total. The summed E-state index contributed by atoms with van der Waals surface area (Å²) in [6, 6.07) is 0. The molecular weight excluding hydrogens is 252 g/mol. The van der Waals surface area contributed by atoms with Gasteiger partial charge in [0.2, 0.25) is 0 Å². The zero-order valence-corrected chi connectivity index (χ0v) is 12.9. The normalized spacial score (nSPS) is 22.4. The van der Waals surface area contributed by atoms with E-state index in [1.807, 2.05) is 18.7 Å². The molecule has 0 spiro atoms. The van der Waals surface area contributed by atoms with Crippen molar-refractivity contribution in [2.24, 2.45) is 10.4 Å². The molecule has 5 heteroatoms. The average Bonchev–Trinajstić information content (AvgIpc) is 2.62. The van der Waals surface area contributed by atoms with Crippen molar-refractivity contribution in [3.05, 3.63) is 0 Å². The van der Waals surface area contributed by atoms with Crippen LogP contribution in [0.3, 0.4) is 0 Å². The van der Waals surface area contributed by atoms with Crippen LogP contribution in [0.2, 0.25) is 0 Å². The molecule has 2 atom stereocenters. The average molecular weight is 276 g/mol. The molecule has 0 saturated heterocycles. The van der Waals surface area contributed by atoms with E-state index in [0.717, 1.165) is 29.8 Å². The van der Waals surface area contributed by atoms with E-state index in [2.05, 4.69) is 31.1 Å². The first-order valence-electron chi connectivity index (χ1n) is 6.20. The molecule has 17 heavy (non-hydrogen) atoms. The molecule has 0 saturated carbocycles. The molecule has 0 aromatic carbocycles. The highest BCUT2D eigenvalue weighted by molar-refractivity contribution is 8.14. The lowest BCUT2D eigenvalue weighted by molar-refractivity contribution is 0.375. The predicted molar refractivity (Wildman–Crippen MR) is 79.3 cm³/mol. The van der Waals surface area contributed by atoms with Crippen molar-refractivity contribution in [2.45, 2.75) is 39.4 Å². The van der Waals surface area contributed by atoms with Gasteiger partial charge in [0.1, 0.15) is 0 Å². The smallest absolute Gasteiger partial charge is 0.156 e. The first kappa shape index (κ1) is 15.0. The molecule has 1 rings (SSSR count). The Morgan fingerprint density at radius 3 is 2.82 bits per heavy atom. The second-order valence-electron chi connectivity index (χ2n) is 5.51. The molecule has 100 valence electrons. The van der Waals surface area contributed by atoms with Crippen LogP contribution in [0.25, 0.3) is 0 Å². The third-order valence-corrected chi connectivity index (χ3v) is 4.93. The van der Waals surface area contributed by atoms with Gasteiger partial charge >= 0.3 is 0 Å². The molecule has 1 heterocycles. The molecule has 0 aliphatic carbocycles. The summed E-state index contributed by atoms with van der Waals surface area (Å²) in [5, 5.41) is 4.92. The standard InChI is InChI=1S/C12H24N2OS2/c1-5-17(15)7-6-13-11-14-9-10(16-11)8-12(2,3)4/h10H,5-9H2,1-4H3,(H,13,14). The Hall–Kier alpha value is -0.0300. The number of nitrogens with zero attached hydrogens (tertiary/aromatic N) is 1. The third kappa shape index (κ3) is 6.46. The quantitative estimate of drug-likeness (QED) is 0.837. The predicted octanol–water partition coefficient (Wildman–Crippen LogP) is 2.25. The molecule has 0 aromatic rings. The van der Waals surface area contributed by atoms with Crippen molar-refractivity contribution in [1.82, 2.24) is 5.32 Å². The summed E-state index contributed by atoms with van der Waals surface area (Å²) >= 11 is 1.84. The van der Waals surface area contributed by atoms with Gasteiger partial charge in [-0.3, -0.25) is 9.20 Å². The second-order valence-corrected chi connectivity index (χ2v) is 8.66. The Kier molecular flexibility index (Phi) is 6.00. The number of thioether (sulfide) groups is 1. The number of hydrogen-bond acceptors (Lipinski definition) is 4. The summed E-state index contributed by atoms with van der Waals surface area (Å²) in [4.78, 5) is 4.49. The van der Waals surface area contributed by atoms with Gasteiger partial charge in [0.05, 0.1) is 6.54 Å². The van der Waals surface area contributed by atoms with Crippen LogP contribution in [0.15, 0.2) is 4.99 Å². The summed E-state index contributed by atoms with van der Waals surface area (Å²) in [5.41, 5.74) is 0.367. The maximum atomic E-state index is 11.3. The van der Waals surface area contributed by atoms with E-state index in [1.54, 1.807) is 0 Å². The van der Waals surface area contributed by atoms with Crippen molar-refractivity contribution in [2.75, 3.05) is 24.6 Å². The highest BCUT2D eigenvalue weighted by Crippen LogP contribution is 2.31. The van der Waals surface area contributed by atoms with Crippen molar-refractivity contribution in [3.63, 3.8) is 0 Å². The van der Waals surface area contributed by atoms with Crippen LogP contribution in [0.4, 0.5) is 0 Å². The topological polar surface area (TPSA) is 41.5 Å². The molecule has 2 unspecified atom stereocenters. The van der Waals surface area contributed by atoms with E-state index in [0.29, 0.717) is 10.7 Å². The maximum Gasteiger partial charge on any atom is 0.156 e. The molecule has 0 amide bonds. The Bertz CT molecular complexity index is 297. The van der Waals surface area contributed by atoms with Crippen LogP contribution < -0.4 is 5.32 Å². The van der Waals surface area contributed by atoms with Gasteiger partial charge in [0, 0.05) is 34.1 Å². The monoisotopic (exact) mass is 276 g/mol. The Balaban J connectivity index is 2.19. The second kappa shape index (κ2) is 6.78. The zero-order valence-electron chi connectivity index (χ0n) is 11.3. The molecule has 0 aromatic heterocycles. The molecule has 0 bridgehead atoms. The lowest BCUT2D eigenvalue weighted by Gasteiger charge is -2.21. The molecule has 1 aliphatic rings. The minimum atomic E-state index is -0.678. The highest BCUT2D eigenvalue weighted by Gasteiger charge is 2.24. The number of amidine groups is 1. The summed E-state index contributed by atoms with van der Waals surface area (Å²) in [6.45, 7) is 10.4. The minimum absolute atomic E-state index is 0.367. The minimum Gasteiger partial charge on any atom is -0.364 e. The van der Waals surface area contributed by atoms with Gasteiger partial charge in [-0.2, -0.15) is 0 Å². The number of aliphatic imine (C=N–C) groups is 1. The van der Waals surface area contributed by atoms with Crippen LogP contribution in [-0.2, 0) is 10.8 Å². The van der Waals surface area contributed by atoms with Crippen molar-refractivity contribution in [3.8, 4) is 0 Å². The lowest BCUT2D eigenvalue weighted by Crippen LogP contribution is -2.25. The van der Waals surface area contributed by atoms with Crippen LogP contribution >= 0.6 is 11.8 Å². The largest absolute Gasteiger partial charge is 0.364 e. The molecule has 0 fully saturated rings. The van der Waals surface area contributed by atoms with Crippen LogP contribution in [0.1, 0.15) is 34.1 Å². The summed E-state index contributed by atoms with van der Waals surface area (Å²) < 4.78 is 11.3. The SMILES string of the molecule is CCS(=O)CCNC1=NCC(CC(C)(C)C)S1. The van der Waals surface area contributed by atoms with Gasteiger partial charge in [-0.05, 0) is 11.8 Å². The van der Waals surface area contributed by atoms with E-state index in [1.165, 1.54) is 6.42 Å². The van der Waals surface area contributed by atoms with Gasteiger partial charge < -0.3 is 5.32 Å². The highest BCUT2D eigenvalue weighted by atomic mass is 32.2. The van der Waals surface area contributed by atoms with E-state index in [-0.39, 0.29) is 0 Å². The van der Waals surface area contributed by atoms with Gasteiger partial charge in [0.15, 0.2) is 5.17 Å². The van der Waals surface area contributed by atoms with E-state index < -0.39 is 10.8 Å². The van der Waals surface area contributed by atoms with Gasteiger partial charge in [-0.1, -0.05) is 39.5 Å². The first-order valence-corrected chi connectivity index (χ1v) is 8.57. The van der Waals surface area contributed by atoms with E-state index in [4.69, 9.17) is 0 Å². The zero-order chi connectivity index (χ0) is 12.9. The summed E-state index contributed by atoms with van der Waals surface area (Å²) in [7, 11) is -0.678. The van der Waals surface area contributed by atoms with Gasteiger partial charge in [0.25, 0.3) is 0 Å². The van der Waals surface area contributed by atoms with Crippen LogP contribution in [-0.4, -0.2) is 39.2 Å². The first-order chi connectivity index (χ1) is 7.90. The Morgan fingerprint density at radius 1 is 1.53 bits per heavy atom. The fourth-order valence-corrected chi connectivity index (χ4v) is 3.72. The summed E-state index contributed by atoms with van der Waals surface area (Å²) in [6.07, 6.45) is 1.19. The van der Waals surface area contributed by atoms with E-state index >= 15 is 0 Å². The van der Waals surface area contributed by atoms with Crippen molar-refractivity contribution < 1.29 is 4.21 Å². The fourth-order valence-electron chi connectivity index (χ4n) is 1.72. The van der Waals surface area contributed by atoms with Crippen molar-refractivity contribution >= 4 is 27.7 Å². The Labute approximate surface area is 112 Å². The molecule has 0 radical (unpaired) electrons.